The summed E-state index contributed by atoms with van der Waals surface area (Å²) in [5, 5.41) is 5.37. The van der Waals surface area contributed by atoms with Gasteiger partial charge in [-0.1, -0.05) is 19.9 Å². The van der Waals surface area contributed by atoms with Crippen molar-refractivity contribution in [3.05, 3.63) is 35.4 Å². The summed E-state index contributed by atoms with van der Waals surface area (Å²) in [6.45, 7) is 3.53. The summed E-state index contributed by atoms with van der Waals surface area (Å²) < 4.78 is 27.5. The van der Waals surface area contributed by atoms with Crippen LogP contribution < -0.4 is 16.4 Å². The lowest BCUT2D eigenvalue weighted by Gasteiger charge is -2.29. The van der Waals surface area contributed by atoms with Crippen molar-refractivity contribution in [1.29, 1.82) is 0 Å². The molecule has 1 aromatic rings. The monoisotopic (exact) mass is 389 g/mol. The van der Waals surface area contributed by atoms with Crippen molar-refractivity contribution in [2.24, 2.45) is 11.7 Å². The van der Waals surface area contributed by atoms with Crippen LogP contribution in [0.1, 0.15) is 49.9 Å². The van der Waals surface area contributed by atoms with Crippen LogP contribution in [0, 0.1) is 17.6 Å². The maximum atomic E-state index is 13.7. The molecular weight excluding hydrogens is 364 g/mol. The Morgan fingerprint density at radius 3 is 2.15 bits per heavy atom. The van der Waals surface area contributed by atoms with Crippen molar-refractivity contribution in [1.82, 2.24) is 10.6 Å². The number of benzene rings is 1. The molecule has 0 bridgehead atoms. The third kappa shape index (κ3) is 5.64. The van der Waals surface area contributed by atoms with E-state index in [-0.39, 0.29) is 36.3 Å². The van der Waals surface area contributed by atoms with Gasteiger partial charge in [0.15, 0.2) is 0 Å². The lowest BCUT2D eigenvalue weighted by atomic mass is 9.91. The first-order valence-electron chi connectivity index (χ1n) is 8.60. The Kier molecular flexibility index (Phi) is 8.43. The van der Waals surface area contributed by atoms with Gasteiger partial charge < -0.3 is 16.4 Å². The van der Waals surface area contributed by atoms with Crippen LogP contribution in [-0.2, 0) is 4.79 Å². The zero-order chi connectivity index (χ0) is 18.6. The van der Waals surface area contributed by atoms with Crippen molar-refractivity contribution in [3.8, 4) is 0 Å². The second-order valence-electron chi connectivity index (χ2n) is 6.91. The van der Waals surface area contributed by atoms with Crippen LogP contribution >= 0.6 is 12.4 Å². The van der Waals surface area contributed by atoms with E-state index in [4.69, 9.17) is 5.73 Å². The molecule has 5 nitrogen and oxygen atoms in total. The number of hydrogen-bond acceptors (Lipinski definition) is 3. The lowest BCUT2D eigenvalue weighted by Crippen LogP contribution is -2.53. The average molecular weight is 390 g/mol. The molecule has 4 N–H and O–H groups in total. The van der Waals surface area contributed by atoms with Gasteiger partial charge in [0.1, 0.15) is 23.2 Å². The van der Waals surface area contributed by atoms with Crippen molar-refractivity contribution < 1.29 is 18.4 Å². The smallest absolute Gasteiger partial charge is 0.257 e. The molecule has 1 saturated carbocycles. The first-order chi connectivity index (χ1) is 11.8. The predicted octanol–water partition coefficient (Wildman–Crippen LogP) is 2.53. The van der Waals surface area contributed by atoms with Crippen LogP contribution in [0.4, 0.5) is 8.78 Å². The average Bonchev–Trinajstić information content (AvgIpc) is 2.54. The highest BCUT2D eigenvalue weighted by molar-refractivity contribution is 5.98. The normalized spacial score (nSPS) is 20.8. The zero-order valence-electron chi connectivity index (χ0n) is 14.9. The largest absolute Gasteiger partial charge is 0.352 e. The maximum Gasteiger partial charge on any atom is 0.257 e. The van der Waals surface area contributed by atoms with E-state index < -0.39 is 29.1 Å². The van der Waals surface area contributed by atoms with Gasteiger partial charge in [-0.05, 0) is 43.7 Å². The number of nitrogens with one attached hydrogen (secondary N) is 2. The molecule has 0 aromatic heterocycles. The molecule has 8 heteroatoms. The van der Waals surface area contributed by atoms with Gasteiger partial charge >= 0.3 is 0 Å². The highest BCUT2D eigenvalue weighted by Gasteiger charge is 2.29. The van der Waals surface area contributed by atoms with E-state index in [0.717, 1.165) is 37.8 Å². The molecule has 2 rings (SSSR count). The summed E-state index contributed by atoms with van der Waals surface area (Å²) in [6, 6.07) is 2.50. The second kappa shape index (κ2) is 9.83. The molecule has 0 spiro atoms. The Morgan fingerprint density at radius 2 is 1.65 bits per heavy atom. The summed E-state index contributed by atoms with van der Waals surface area (Å²) in [4.78, 5) is 24.8. The second-order valence-corrected chi connectivity index (χ2v) is 6.91. The van der Waals surface area contributed by atoms with E-state index in [1.54, 1.807) is 13.8 Å². The first-order valence-corrected chi connectivity index (χ1v) is 8.60. The SMILES string of the molecule is CC(C)C(NC(=O)c1c(F)cccc1F)C(=O)NC1CCC(N)CC1.Cl. The number of rotatable bonds is 5. The van der Waals surface area contributed by atoms with Crippen LogP contribution in [-0.4, -0.2) is 29.9 Å². The zero-order valence-corrected chi connectivity index (χ0v) is 15.7. The van der Waals surface area contributed by atoms with E-state index in [0.29, 0.717) is 0 Å². The Bertz CT molecular complexity index is 615. The molecule has 0 saturated heterocycles. The number of halogens is 3. The summed E-state index contributed by atoms with van der Waals surface area (Å²) >= 11 is 0. The number of carbonyl (C=O) groups excluding carboxylic acids is 2. The Labute approximate surface area is 158 Å². The van der Waals surface area contributed by atoms with Crippen LogP contribution in [0.25, 0.3) is 0 Å². The molecular formula is C18H26ClF2N3O2. The van der Waals surface area contributed by atoms with E-state index in [1.807, 2.05) is 0 Å². The van der Waals surface area contributed by atoms with Gasteiger partial charge in [-0.15, -0.1) is 12.4 Å². The van der Waals surface area contributed by atoms with Gasteiger partial charge in [-0.3, -0.25) is 9.59 Å². The highest BCUT2D eigenvalue weighted by atomic mass is 35.5. The molecule has 1 fully saturated rings. The Balaban J connectivity index is 0.00000338. The van der Waals surface area contributed by atoms with Crippen LogP contribution in [0.5, 0.6) is 0 Å². The summed E-state index contributed by atoms with van der Waals surface area (Å²) in [6.07, 6.45) is 3.25. The summed E-state index contributed by atoms with van der Waals surface area (Å²) in [7, 11) is 0. The number of amides is 2. The van der Waals surface area contributed by atoms with Gasteiger partial charge in [0, 0.05) is 12.1 Å². The number of carbonyl (C=O) groups is 2. The van der Waals surface area contributed by atoms with Gasteiger partial charge in [0.2, 0.25) is 5.91 Å². The van der Waals surface area contributed by atoms with Gasteiger partial charge in [-0.25, -0.2) is 8.78 Å². The molecule has 1 aliphatic carbocycles. The fourth-order valence-electron chi connectivity index (χ4n) is 3.02. The molecule has 0 aliphatic heterocycles. The van der Waals surface area contributed by atoms with Gasteiger partial charge in [-0.2, -0.15) is 0 Å². The third-order valence-corrected chi connectivity index (χ3v) is 4.54. The van der Waals surface area contributed by atoms with Crippen LogP contribution in [0.3, 0.4) is 0 Å². The Morgan fingerprint density at radius 1 is 1.12 bits per heavy atom. The summed E-state index contributed by atoms with van der Waals surface area (Å²) in [5.41, 5.74) is 5.18. The van der Waals surface area contributed by atoms with E-state index in [9.17, 15) is 18.4 Å². The van der Waals surface area contributed by atoms with E-state index in [2.05, 4.69) is 10.6 Å². The van der Waals surface area contributed by atoms with Crippen molar-refractivity contribution in [2.45, 2.75) is 57.7 Å². The number of hydrogen-bond donors (Lipinski definition) is 3. The molecule has 1 atom stereocenters. The minimum atomic E-state index is -0.957. The molecule has 0 heterocycles. The van der Waals surface area contributed by atoms with Crippen molar-refractivity contribution in [2.75, 3.05) is 0 Å². The Hall–Kier alpha value is -1.73. The number of nitrogens with two attached hydrogens (primary N) is 1. The molecule has 1 unspecified atom stereocenters. The third-order valence-electron chi connectivity index (χ3n) is 4.54. The molecule has 0 radical (unpaired) electrons. The van der Waals surface area contributed by atoms with E-state index >= 15 is 0 Å². The quantitative estimate of drug-likeness (QED) is 0.723. The lowest BCUT2D eigenvalue weighted by molar-refractivity contribution is -0.124. The minimum Gasteiger partial charge on any atom is -0.352 e. The standard InChI is InChI=1S/C18H25F2N3O2.ClH/c1-10(2)16(18(25)22-12-8-6-11(21)7-9-12)23-17(24)15-13(19)4-3-5-14(15)20;/h3-5,10-12,16H,6-9,21H2,1-2H3,(H,22,25)(H,23,24);1H. The fraction of sp³-hybridized carbons (Fsp3) is 0.556. The first kappa shape index (κ1) is 22.3. The van der Waals surface area contributed by atoms with E-state index in [1.165, 1.54) is 6.07 Å². The summed E-state index contributed by atoms with van der Waals surface area (Å²) in [5.74, 6) is -3.43. The van der Waals surface area contributed by atoms with Crippen LogP contribution in [0.15, 0.2) is 18.2 Å². The molecule has 146 valence electrons. The molecule has 2 amide bonds. The van der Waals surface area contributed by atoms with Crippen molar-refractivity contribution >= 4 is 24.2 Å². The molecule has 1 aromatic carbocycles. The predicted molar refractivity (Wildman–Crippen MR) is 98.1 cm³/mol. The van der Waals surface area contributed by atoms with Gasteiger partial charge in [0.25, 0.3) is 5.91 Å². The molecule has 1 aliphatic rings. The van der Waals surface area contributed by atoms with Crippen molar-refractivity contribution in [3.63, 3.8) is 0 Å². The topological polar surface area (TPSA) is 84.2 Å². The molecule has 26 heavy (non-hydrogen) atoms. The van der Waals surface area contributed by atoms with Gasteiger partial charge in [0.05, 0.1) is 0 Å². The fourth-order valence-corrected chi connectivity index (χ4v) is 3.02. The minimum absolute atomic E-state index is 0. The maximum absolute atomic E-state index is 13.7. The highest BCUT2D eigenvalue weighted by Crippen LogP contribution is 2.18. The van der Waals surface area contributed by atoms with Crippen LogP contribution in [0.2, 0.25) is 0 Å².